The zero-order valence-corrected chi connectivity index (χ0v) is 14.2. The maximum absolute atomic E-state index is 8.83. The summed E-state index contributed by atoms with van der Waals surface area (Å²) in [5.41, 5.74) is 2.89. The van der Waals surface area contributed by atoms with Gasteiger partial charge in [0.1, 0.15) is 0 Å². The van der Waals surface area contributed by atoms with Crippen molar-refractivity contribution in [2.24, 2.45) is 0 Å². The van der Waals surface area contributed by atoms with Crippen molar-refractivity contribution in [2.75, 3.05) is 0 Å². The number of nitriles is 1. The third kappa shape index (κ3) is 4.07. The molecule has 2 unspecified atom stereocenters. The van der Waals surface area contributed by atoms with Crippen LogP contribution in [-0.2, 0) is 0 Å². The number of hydrogen-bond donors (Lipinski definition) is 1. The molecule has 4 heteroatoms. The van der Waals surface area contributed by atoms with Crippen LogP contribution in [0.3, 0.4) is 0 Å². The van der Waals surface area contributed by atoms with Gasteiger partial charge in [-0.15, -0.1) is 0 Å². The summed E-state index contributed by atoms with van der Waals surface area (Å²) in [7, 11) is 0. The lowest BCUT2D eigenvalue weighted by molar-refractivity contribution is 0.495. The number of rotatable bonds is 4. The summed E-state index contributed by atoms with van der Waals surface area (Å²) < 4.78 is 0.976. The molecule has 0 radical (unpaired) electrons. The van der Waals surface area contributed by atoms with E-state index in [1.54, 1.807) is 0 Å². The predicted molar refractivity (Wildman–Crippen MR) is 90.3 cm³/mol. The number of halogens is 2. The predicted octanol–water partition coefficient (Wildman–Crippen LogP) is 5.39. The van der Waals surface area contributed by atoms with Crippen LogP contribution in [0.4, 0.5) is 0 Å². The normalized spacial score (nSPS) is 13.5. The Labute approximate surface area is 138 Å². The molecule has 0 aliphatic carbocycles. The van der Waals surface area contributed by atoms with Gasteiger partial charge in [-0.3, -0.25) is 0 Å². The monoisotopic (exact) mass is 362 g/mol. The highest BCUT2D eigenvalue weighted by molar-refractivity contribution is 9.10. The lowest BCUT2D eigenvalue weighted by Crippen LogP contribution is -2.22. The van der Waals surface area contributed by atoms with Crippen LogP contribution in [-0.4, -0.2) is 0 Å². The Bertz CT molecular complexity index is 661. The van der Waals surface area contributed by atoms with Crippen molar-refractivity contribution in [3.8, 4) is 6.07 Å². The van der Waals surface area contributed by atoms with Crippen LogP contribution >= 0.6 is 27.5 Å². The average molecular weight is 364 g/mol. The van der Waals surface area contributed by atoms with Crippen LogP contribution in [0.1, 0.15) is 42.6 Å². The number of nitrogens with one attached hydrogen (secondary N) is 1. The Hall–Kier alpha value is -1.34. The fraction of sp³-hybridized carbons (Fsp3) is 0.235. The maximum Gasteiger partial charge on any atom is 0.0991 e. The fourth-order valence-corrected chi connectivity index (χ4v) is 3.10. The first kappa shape index (κ1) is 16.0. The smallest absolute Gasteiger partial charge is 0.0991 e. The second-order valence-electron chi connectivity index (χ2n) is 5.01. The van der Waals surface area contributed by atoms with Gasteiger partial charge in [-0.25, -0.2) is 0 Å². The van der Waals surface area contributed by atoms with Crippen molar-refractivity contribution < 1.29 is 0 Å². The molecule has 0 spiro atoms. The summed E-state index contributed by atoms with van der Waals surface area (Å²) in [6.45, 7) is 4.19. The number of hydrogen-bond acceptors (Lipinski definition) is 2. The molecule has 0 bridgehead atoms. The van der Waals surface area contributed by atoms with E-state index < -0.39 is 0 Å². The van der Waals surface area contributed by atoms with Gasteiger partial charge in [0.2, 0.25) is 0 Å². The highest BCUT2D eigenvalue weighted by atomic mass is 79.9. The van der Waals surface area contributed by atoms with Crippen molar-refractivity contribution in [1.29, 1.82) is 5.26 Å². The Morgan fingerprint density at radius 2 is 1.76 bits per heavy atom. The third-order valence-electron chi connectivity index (χ3n) is 3.47. The molecule has 1 N–H and O–H groups in total. The second-order valence-corrected chi connectivity index (χ2v) is 6.33. The van der Waals surface area contributed by atoms with Crippen molar-refractivity contribution in [2.45, 2.75) is 25.9 Å². The van der Waals surface area contributed by atoms with E-state index in [-0.39, 0.29) is 12.1 Å². The van der Waals surface area contributed by atoms with Crippen LogP contribution in [0.25, 0.3) is 0 Å². The van der Waals surface area contributed by atoms with Gasteiger partial charge in [0.25, 0.3) is 0 Å². The topological polar surface area (TPSA) is 35.8 Å². The first-order valence-corrected chi connectivity index (χ1v) is 7.89. The molecule has 2 atom stereocenters. The molecule has 2 aromatic carbocycles. The van der Waals surface area contributed by atoms with Crippen molar-refractivity contribution >= 4 is 27.5 Å². The zero-order valence-electron chi connectivity index (χ0n) is 11.9. The molecule has 0 fully saturated rings. The molecule has 0 aromatic heterocycles. The van der Waals surface area contributed by atoms with Crippen LogP contribution < -0.4 is 5.32 Å². The maximum atomic E-state index is 8.83. The Balaban J connectivity index is 2.10. The highest BCUT2D eigenvalue weighted by Gasteiger charge is 2.13. The van der Waals surface area contributed by atoms with Crippen LogP contribution in [0.2, 0.25) is 5.02 Å². The molecule has 0 amide bonds. The summed E-state index contributed by atoms with van der Waals surface area (Å²) in [4.78, 5) is 0. The Kier molecular flexibility index (Phi) is 5.41. The lowest BCUT2D eigenvalue weighted by Gasteiger charge is -2.21. The Morgan fingerprint density at radius 1 is 1.10 bits per heavy atom. The molecule has 21 heavy (non-hydrogen) atoms. The SMILES string of the molecule is CC(NC(C)c1ccc(Br)cc1Cl)c1ccc(C#N)cc1. The van der Waals surface area contributed by atoms with E-state index in [0.717, 1.165) is 20.6 Å². The van der Waals surface area contributed by atoms with E-state index in [1.807, 2.05) is 42.5 Å². The molecule has 0 aliphatic heterocycles. The van der Waals surface area contributed by atoms with Gasteiger partial charge in [-0.2, -0.15) is 5.26 Å². The van der Waals surface area contributed by atoms with Gasteiger partial charge in [0.15, 0.2) is 0 Å². The molecule has 0 saturated heterocycles. The summed E-state index contributed by atoms with van der Waals surface area (Å²) >= 11 is 9.70. The van der Waals surface area contributed by atoms with E-state index in [0.29, 0.717) is 5.56 Å². The van der Waals surface area contributed by atoms with Gasteiger partial charge >= 0.3 is 0 Å². The van der Waals surface area contributed by atoms with E-state index in [4.69, 9.17) is 16.9 Å². The van der Waals surface area contributed by atoms with E-state index in [1.165, 1.54) is 0 Å². The van der Waals surface area contributed by atoms with Gasteiger partial charge in [-0.05, 0) is 49.2 Å². The molecule has 0 saturated carbocycles. The largest absolute Gasteiger partial charge is 0.304 e. The fourth-order valence-electron chi connectivity index (χ4n) is 2.26. The summed E-state index contributed by atoms with van der Waals surface area (Å²) in [6, 6.07) is 16.0. The highest BCUT2D eigenvalue weighted by Crippen LogP contribution is 2.28. The number of nitrogens with zero attached hydrogens (tertiary/aromatic N) is 1. The minimum absolute atomic E-state index is 0.135. The molecule has 2 rings (SSSR count). The molecule has 108 valence electrons. The molecule has 0 heterocycles. The quantitative estimate of drug-likeness (QED) is 0.791. The standard InChI is InChI=1S/C17H16BrClN2/c1-11(14-5-3-13(10-20)4-6-14)21-12(2)16-8-7-15(18)9-17(16)19/h3-9,11-12,21H,1-2H3. The Morgan fingerprint density at radius 3 is 2.33 bits per heavy atom. The van der Waals surface area contributed by atoms with Crippen molar-refractivity contribution in [3.63, 3.8) is 0 Å². The summed E-state index contributed by atoms with van der Waals surface area (Å²) in [6.07, 6.45) is 0. The van der Waals surface area contributed by atoms with E-state index in [9.17, 15) is 0 Å². The molecule has 2 nitrogen and oxygen atoms in total. The molecule has 0 aliphatic rings. The second kappa shape index (κ2) is 7.09. The van der Waals surface area contributed by atoms with Crippen LogP contribution in [0.5, 0.6) is 0 Å². The van der Waals surface area contributed by atoms with Crippen molar-refractivity contribution in [1.82, 2.24) is 5.32 Å². The number of benzene rings is 2. The lowest BCUT2D eigenvalue weighted by atomic mass is 10.0. The van der Waals surface area contributed by atoms with E-state index >= 15 is 0 Å². The first-order valence-electron chi connectivity index (χ1n) is 6.72. The molecule has 2 aromatic rings. The molecular formula is C17H16BrClN2. The van der Waals surface area contributed by atoms with Crippen molar-refractivity contribution in [3.05, 3.63) is 68.7 Å². The molecular weight excluding hydrogens is 348 g/mol. The van der Waals surface area contributed by atoms with E-state index in [2.05, 4.69) is 41.2 Å². The van der Waals surface area contributed by atoms with Crippen LogP contribution in [0, 0.1) is 11.3 Å². The van der Waals surface area contributed by atoms with Gasteiger partial charge < -0.3 is 5.32 Å². The minimum atomic E-state index is 0.135. The minimum Gasteiger partial charge on any atom is -0.304 e. The van der Waals surface area contributed by atoms with Gasteiger partial charge in [-0.1, -0.05) is 45.7 Å². The average Bonchev–Trinajstić information content (AvgIpc) is 2.47. The third-order valence-corrected chi connectivity index (χ3v) is 4.29. The zero-order chi connectivity index (χ0) is 15.4. The summed E-state index contributed by atoms with van der Waals surface area (Å²) in [5.74, 6) is 0. The first-order chi connectivity index (χ1) is 10.0. The van der Waals surface area contributed by atoms with Crippen LogP contribution in [0.15, 0.2) is 46.9 Å². The van der Waals surface area contributed by atoms with Gasteiger partial charge in [0, 0.05) is 21.6 Å². The summed E-state index contributed by atoms with van der Waals surface area (Å²) in [5, 5.41) is 13.1. The van der Waals surface area contributed by atoms with Gasteiger partial charge in [0.05, 0.1) is 11.6 Å².